The van der Waals surface area contributed by atoms with Crippen LogP contribution in [0.3, 0.4) is 0 Å². The lowest BCUT2D eigenvalue weighted by Crippen LogP contribution is -2.59. The fourth-order valence-electron chi connectivity index (χ4n) is 14.1. The number of likely N-dealkylation sites (N-methyl/N-ethyl adjacent to an activating group) is 2. The van der Waals surface area contributed by atoms with E-state index in [1.807, 2.05) is 110 Å². The molecule has 540 valence electrons. The smallest absolute Gasteiger partial charge is 0.247 e. The summed E-state index contributed by atoms with van der Waals surface area (Å²) in [7, 11) is 3.40. The number of amides is 8. The Morgan fingerprint density at radius 1 is 0.570 bits per heavy atom. The van der Waals surface area contributed by atoms with Gasteiger partial charge in [0.05, 0.1) is 50.2 Å². The minimum Gasteiger partial charge on any atom is -0.379 e. The number of hydrogen-bond acceptors (Lipinski definition) is 16. The molecule has 4 saturated heterocycles. The number of aromatic nitrogens is 3. The maximum atomic E-state index is 14.8. The van der Waals surface area contributed by atoms with E-state index in [0.717, 1.165) is 16.7 Å². The minimum absolute atomic E-state index is 0.142. The maximum Gasteiger partial charge on any atom is 0.247 e. The van der Waals surface area contributed by atoms with E-state index < -0.39 is 60.2 Å². The second-order valence-corrected chi connectivity index (χ2v) is 26.6. The highest BCUT2D eigenvalue weighted by atomic mass is 16.5. The zero-order valence-corrected chi connectivity index (χ0v) is 58.5. The van der Waals surface area contributed by atoms with Gasteiger partial charge in [0.15, 0.2) is 0 Å². The number of nitrogens with zero attached hydrogens (tertiary/aromatic N) is 5. The Labute approximate surface area is 587 Å². The van der Waals surface area contributed by atoms with Gasteiger partial charge in [0.25, 0.3) is 0 Å². The zero-order chi connectivity index (χ0) is 70.6. The van der Waals surface area contributed by atoms with Gasteiger partial charge in [-0.05, 0) is 133 Å². The normalized spacial score (nSPS) is 21.4. The van der Waals surface area contributed by atoms with Gasteiger partial charge in [-0.3, -0.25) is 43.0 Å². The maximum absolute atomic E-state index is 14.8. The molecule has 0 unspecified atom stereocenters. The van der Waals surface area contributed by atoms with Crippen molar-refractivity contribution < 1.29 is 52.6 Å². The van der Waals surface area contributed by atoms with Crippen molar-refractivity contribution >= 4 is 47.3 Å². The van der Waals surface area contributed by atoms with Crippen LogP contribution in [-0.2, 0) is 72.1 Å². The van der Waals surface area contributed by atoms with Crippen molar-refractivity contribution in [2.45, 2.75) is 177 Å². The number of aryl methyl sites for hydroxylation is 2. The molecule has 0 spiro atoms. The molecule has 0 saturated carbocycles. The third kappa shape index (κ3) is 21.5. The van der Waals surface area contributed by atoms with E-state index in [4.69, 9.17) is 14.2 Å². The molecule has 4 fully saturated rings. The van der Waals surface area contributed by atoms with Gasteiger partial charge in [0.2, 0.25) is 47.3 Å². The number of benzene rings is 4. The summed E-state index contributed by atoms with van der Waals surface area (Å²) in [6, 6.07) is 32.5. The minimum atomic E-state index is -1.01. The second-order valence-electron chi connectivity index (χ2n) is 26.6. The lowest BCUT2D eigenvalue weighted by atomic mass is 9.90. The molecule has 100 heavy (non-hydrogen) atoms. The van der Waals surface area contributed by atoms with Crippen molar-refractivity contribution in [2.75, 3.05) is 73.4 Å². The fraction of sp³-hybridized carbons (Fsp3) is 0.547. The first-order chi connectivity index (χ1) is 48.7. The molecule has 9 N–H and O–H groups in total. The molecule has 11 atom stereocenters. The highest BCUT2D eigenvalue weighted by Gasteiger charge is 2.50. The predicted octanol–water partition coefficient (Wildman–Crippen LogP) is 4.33. The lowest BCUT2D eigenvalue weighted by molar-refractivity contribution is -0.144. The fourth-order valence-corrected chi connectivity index (χ4v) is 14.1. The summed E-state index contributed by atoms with van der Waals surface area (Å²) in [4.78, 5) is 116. The molecule has 4 aliphatic heterocycles. The van der Waals surface area contributed by atoms with Crippen LogP contribution >= 0.6 is 0 Å². The first kappa shape index (κ1) is 75.7. The molecule has 4 aromatic carbocycles. The second kappa shape index (κ2) is 39.5. The standard InChI is InChI=1S/C75H104N14O11/c1-5-61(77-4)70(92)84-68-57(29-32-60-34-35-62(89(60)75(68)97)71(93)81-65(53-22-12-7-13-23-53)54-24-14-8-15-25-54)49-80-64(90)37-30-58-50-87(86-85-58)41-19-43-99-45-47-100-46-44-98-42-18-39-79-73(95)66(55-26-16-9-17-27-55)82-72(94)63-36-33-59-31-28-56(38-40-78-48-52-20-10-6-11-21-52)67(74(96)88(59)63)83-69(91)51(2)76-3/h6-17,20-27,50-51,56-57,59-63,65-68,76-78H,5,18-19,28-49H2,1-4H3,(H,79,95)(H,80,90)(H,81,93)(H,82,94)(H,83,91)(H,84,92)/t51-,56+,57+,59-,60-,61-,62-,63-,66-,67-,68-/m0/s1. The predicted molar refractivity (Wildman–Crippen MR) is 377 cm³/mol. The molecule has 0 bridgehead atoms. The van der Waals surface area contributed by atoms with Crippen LogP contribution in [0.25, 0.3) is 0 Å². The monoisotopic (exact) mass is 1380 g/mol. The van der Waals surface area contributed by atoms with E-state index in [2.05, 4.69) is 70.3 Å². The molecular formula is C75H104N14O11. The van der Waals surface area contributed by atoms with Crippen molar-refractivity contribution in [3.8, 4) is 0 Å². The van der Waals surface area contributed by atoms with E-state index in [1.54, 1.807) is 47.6 Å². The van der Waals surface area contributed by atoms with E-state index >= 15 is 0 Å². The molecule has 9 rings (SSSR count). The van der Waals surface area contributed by atoms with Gasteiger partial charge in [-0.2, -0.15) is 0 Å². The van der Waals surface area contributed by atoms with E-state index in [-0.39, 0.29) is 72.3 Å². The lowest BCUT2D eigenvalue weighted by Gasteiger charge is -2.33. The van der Waals surface area contributed by atoms with Crippen molar-refractivity contribution in [2.24, 2.45) is 11.8 Å². The van der Waals surface area contributed by atoms with Gasteiger partial charge >= 0.3 is 0 Å². The molecule has 5 aromatic rings. The largest absolute Gasteiger partial charge is 0.379 e. The molecule has 25 nitrogen and oxygen atoms in total. The van der Waals surface area contributed by atoms with Gasteiger partial charge in [0.1, 0.15) is 30.2 Å². The number of ether oxygens (including phenoxy) is 3. The Morgan fingerprint density at radius 3 is 1.69 bits per heavy atom. The van der Waals surface area contributed by atoms with Gasteiger partial charge in [-0.1, -0.05) is 133 Å². The molecule has 0 aliphatic carbocycles. The molecule has 0 radical (unpaired) electrons. The molecule has 25 heteroatoms. The van der Waals surface area contributed by atoms with Crippen LogP contribution in [0.5, 0.6) is 0 Å². The summed E-state index contributed by atoms with van der Waals surface area (Å²) in [5, 5.41) is 36.4. The van der Waals surface area contributed by atoms with Crippen LogP contribution in [0.4, 0.5) is 0 Å². The number of carbonyl (C=O) groups excluding carboxylic acids is 8. The van der Waals surface area contributed by atoms with Gasteiger partial charge in [-0.15, -0.1) is 5.10 Å². The highest BCUT2D eigenvalue weighted by Crippen LogP contribution is 2.37. The zero-order valence-electron chi connectivity index (χ0n) is 58.5. The topological polar surface area (TPSA) is 310 Å². The van der Waals surface area contributed by atoms with Crippen LogP contribution in [0.15, 0.2) is 128 Å². The van der Waals surface area contributed by atoms with Crippen LogP contribution in [-0.4, -0.2) is 194 Å². The third-order valence-electron chi connectivity index (χ3n) is 19.9. The average molecular weight is 1380 g/mol. The first-order valence-corrected chi connectivity index (χ1v) is 36.0. The summed E-state index contributed by atoms with van der Waals surface area (Å²) in [6.45, 7) is 8.32. The summed E-state index contributed by atoms with van der Waals surface area (Å²) in [5.41, 5.74) is 4.26. The summed E-state index contributed by atoms with van der Waals surface area (Å²) in [5.74, 6) is -3.00. The van der Waals surface area contributed by atoms with Crippen molar-refractivity contribution in [3.05, 3.63) is 155 Å². The number of carbonyl (C=O) groups is 8. The Kier molecular flexibility index (Phi) is 29.9. The average Bonchev–Trinajstić information content (AvgIpc) is 1.63. The Balaban J connectivity index is 0.642. The SMILES string of the molecule is CC[C@H](NC)C(=O)N[C@@H]1C(=O)N2[C@@H](CC[C@@H]1CNC(=O)CCc1cn(CCCOCCOCCOCCCNC(=O)[C@@H](NC(=O)[C@@H]3CC[C@@H]4CC[C@H](CCNCc5ccccc5)[C@H](NC(=O)[C@H](C)NC)C(=O)N43)c3ccccc3)nn1)CC[C@H]2C(=O)NC(c1ccccc1)c1ccccc1. The highest BCUT2D eigenvalue weighted by molar-refractivity contribution is 5.97. The van der Waals surface area contributed by atoms with E-state index in [0.29, 0.717) is 161 Å². The Hall–Kier alpha value is -8.46. The third-order valence-corrected chi connectivity index (χ3v) is 19.9. The van der Waals surface area contributed by atoms with Gasteiger partial charge < -0.3 is 71.9 Å². The summed E-state index contributed by atoms with van der Waals surface area (Å²) in [6.07, 6.45) is 9.50. The number of nitrogens with one attached hydrogen (secondary N) is 9. The quantitative estimate of drug-likeness (QED) is 0.0247. The Bertz CT molecular complexity index is 3350. The summed E-state index contributed by atoms with van der Waals surface area (Å²) < 4.78 is 19.0. The van der Waals surface area contributed by atoms with Crippen molar-refractivity contribution in [3.63, 3.8) is 0 Å². The van der Waals surface area contributed by atoms with E-state index in [1.165, 1.54) is 0 Å². The molecule has 4 aliphatic rings. The van der Waals surface area contributed by atoms with Crippen LogP contribution < -0.4 is 47.9 Å². The van der Waals surface area contributed by atoms with Crippen LogP contribution in [0, 0.1) is 11.8 Å². The number of hydrogen-bond donors (Lipinski definition) is 9. The summed E-state index contributed by atoms with van der Waals surface area (Å²) >= 11 is 0. The van der Waals surface area contributed by atoms with Crippen molar-refractivity contribution in [1.29, 1.82) is 0 Å². The van der Waals surface area contributed by atoms with Crippen LogP contribution in [0.2, 0.25) is 0 Å². The van der Waals surface area contributed by atoms with E-state index in [9.17, 15) is 38.4 Å². The van der Waals surface area contributed by atoms with Crippen molar-refractivity contribution in [1.82, 2.24) is 72.6 Å². The molecule has 5 heterocycles. The van der Waals surface area contributed by atoms with Gasteiger partial charge in [0, 0.05) is 76.4 Å². The Morgan fingerprint density at radius 2 is 1.10 bits per heavy atom. The van der Waals surface area contributed by atoms with Gasteiger partial charge in [-0.25, -0.2) is 0 Å². The molecular weight excluding hydrogens is 1270 g/mol. The molecule has 1 aromatic heterocycles. The molecule has 8 amide bonds. The first-order valence-electron chi connectivity index (χ1n) is 36.0. The number of fused-ring (bicyclic) bond motifs is 2. The number of rotatable bonds is 39. The van der Waals surface area contributed by atoms with Crippen LogP contribution in [0.1, 0.15) is 137 Å².